The van der Waals surface area contributed by atoms with Crippen LogP contribution in [0.3, 0.4) is 0 Å². The van der Waals surface area contributed by atoms with Crippen molar-refractivity contribution in [2.75, 3.05) is 11.9 Å². The van der Waals surface area contributed by atoms with E-state index in [0.29, 0.717) is 12.8 Å². The lowest BCUT2D eigenvalue weighted by Crippen LogP contribution is -2.53. The minimum Gasteiger partial charge on any atom is -0.368 e. The van der Waals surface area contributed by atoms with Crippen molar-refractivity contribution in [2.45, 2.75) is 44.1 Å². The number of carbonyl (C=O) groups excluding carboxylic acids is 3. The lowest BCUT2D eigenvalue weighted by Gasteiger charge is -2.29. The fourth-order valence-electron chi connectivity index (χ4n) is 3.96. The molecule has 0 saturated heterocycles. The van der Waals surface area contributed by atoms with Gasteiger partial charge in [-0.1, -0.05) is 48.5 Å². The van der Waals surface area contributed by atoms with Gasteiger partial charge in [0.25, 0.3) is 0 Å². The second-order valence-electron chi connectivity index (χ2n) is 8.16. The van der Waals surface area contributed by atoms with Crippen molar-refractivity contribution in [2.24, 2.45) is 5.73 Å². The summed E-state index contributed by atoms with van der Waals surface area (Å²) in [5, 5.41) is 2.67. The molecule has 152 valence electrons. The van der Waals surface area contributed by atoms with Crippen molar-refractivity contribution in [1.82, 2.24) is 5.32 Å². The summed E-state index contributed by atoms with van der Waals surface area (Å²) in [5.41, 5.74) is 6.21. The molecule has 2 aromatic carbocycles. The van der Waals surface area contributed by atoms with E-state index in [1.54, 1.807) is 25.8 Å². The highest BCUT2D eigenvalue weighted by atomic mass is 16.2. The first-order chi connectivity index (χ1) is 13.7. The Kier molecular flexibility index (Phi) is 5.46. The largest absolute Gasteiger partial charge is 0.368 e. The van der Waals surface area contributed by atoms with Crippen LogP contribution in [0.25, 0.3) is 0 Å². The van der Waals surface area contributed by atoms with Crippen LogP contribution in [0.1, 0.15) is 37.8 Å². The highest BCUT2D eigenvalue weighted by molar-refractivity contribution is 6.08. The van der Waals surface area contributed by atoms with E-state index in [2.05, 4.69) is 5.32 Å². The average molecular weight is 393 g/mol. The number of hydrogen-bond acceptors (Lipinski definition) is 3. The molecule has 0 bridgehead atoms. The van der Waals surface area contributed by atoms with Crippen molar-refractivity contribution in [3.05, 3.63) is 65.7 Å². The molecule has 0 aliphatic carbocycles. The summed E-state index contributed by atoms with van der Waals surface area (Å²) in [7, 11) is 1.77. The van der Waals surface area contributed by atoms with Crippen molar-refractivity contribution in [3.8, 4) is 0 Å². The van der Waals surface area contributed by atoms with Gasteiger partial charge < -0.3 is 16.0 Å². The molecule has 6 nitrogen and oxygen atoms in total. The number of para-hydroxylation sites is 1. The van der Waals surface area contributed by atoms with Crippen LogP contribution < -0.4 is 16.0 Å². The molecule has 3 N–H and O–H groups in total. The Morgan fingerprint density at radius 1 is 1.07 bits per heavy atom. The Labute approximate surface area is 171 Å². The van der Waals surface area contributed by atoms with Gasteiger partial charge in [0.05, 0.1) is 5.41 Å². The Bertz CT molecular complexity index is 939. The highest BCUT2D eigenvalue weighted by Gasteiger charge is 2.49. The van der Waals surface area contributed by atoms with Crippen molar-refractivity contribution < 1.29 is 14.4 Å². The second-order valence-corrected chi connectivity index (χ2v) is 8.16. The fourth-order valence-corrected chi connectivity index (χ4v) is 3.96. The van der Waals surface area contributed by atoms with Gasteiger partial charge in [0.2, 0.25) is 17.7 Å². The van der Waals surface area contributed by atoms with Crippen LogP contribution in [0.15, 0.2) is 54.6 Å². The molecule has 0 spiro atoms. The summed E-state index contributed by atoms with van der Waals surface area (Å²) >= 11 is 0. The van der Waals surface area contributed by atoms with Gasteiger partial charge in [-0.2, -0.15) is 0 Å². The molecule has 1 unspecified atom stereocenters. The smallest absolute Gasteiger partial charge is 0.242 e. The zero-order valence-corrected chi connectivity index (χ0v) is 17.1. The van der Waals surface area contributed by atoms with Crippen molar-refractivity contribution in [1.29, 1.82) is 0 Å². The topological polar surface area (TPSA) is 92.5 Å². The molecule has 29 heavy (non-hydrogen) atoms. The van der Waals surface area contributed by atoms with Gasteiger partial charge >= 0.3 is 0 Å². The first-order valence-corrected chi connectivity index (χ1v) is 9.70. The van der Waals surface area contributed by atoms with Gasteiger partial charge in [0.15, 0.2) is 0 Å². The van der Waals surface area contributed by atoms with Crippen LogP contribution in [0.2, 0.25) is 0 Å². The van der Waals surface area contributed by atoms with Gasteiger partial charge in [-0.3, -0.25) is 14.4 Å². The minimum absolute atomic E-state index is 0.0236. The third kappa shape index (κ3) is 3.88. The number of anilines is 1. The molecular weight excluding hydrogens is 366 g/mol. The molecule has 0 aromatic heterocycles. The molecule has 1 atom stereocenters. The lowest BCUT2D eigenvalue weighted by atomic mass is 9.73. The van der Waals surface area contributed by atoms with Gasteiger partial charge in [-0.05, 0) is 43.9 Å². The number of hydrogen-bond donors (Lipinski definition) is 2. The maximum Gasteiger partial charge on any atom is 0.242 e. The van der Waals surface area contributed by atoms with E-state index < -0.39 is 16.9 Å². The van der Waals surface area contributed by atoms with Crippen LogP contribution in [0.5, 0.6) is 0 Å². The second kappa shape index (κ2) is 7.70. The Balaban J connectivity index is 1.92. The summed E-state index contributed by atoms with van der Waals surface area (Å²) in [4.78, 5) is 39.2. The van der Waals surface area contributed by atoms with E-state index in [1.165, 1.54) is 0 Å². The predicted molar refractivity (Wildman–Crippen MR) is 112 cm³/mol. The number of amides is 3. The average Bonchev–Trinajstić information content (AvgIpc) is 2.89. The Morgan fingerprint density at radius 2 is 1.69 bits per heavy atom. The van der Waals surface area contributed by atoms with Crippen LogP contribution in [-0.4, -0.2) is 30.3 Å². The van der Waals surface area contributed by atoms with Crippen LogP contribution in [0.4, 0.5) is 5.69 Å². The maximum absolute atomic E-state index is 13.4. The van der Waals surface area contributed by atoms with E-state index in [9.17, 15) is 14.4 Å². The minimum atomic E-state index is -1.14. The number of rotatable bonds is 7. The molecule has 0 radical (unpaired) electrons. The van der Waals surface area contributed by atoms with E-state index in [-0.39, 0.29) is 18.2 Å². The highest BCUT2D eigenvalue weighted by Crippen LogP contribution is 2.46. The van der Waals surface area contributed by atoms with Gasteiger partial charge in [-0.15, -0.1) is 0 Å². The summed E-state index contributed by atoms with van der Waals surface area (Å²) in [6, 6.07) is 17.5. The molecule has 0 saturated carbocycles. The number of benzene rings is 2. The van der Waals surface area contributed by atoms with Gasteiger partial charge in [0, 0.05) is 19.2 Å². The van der Waals surface area contributed by atoms with Crippen molar-refractivity contribution >= 4 is 23.4 Å². The summed E-state index contributed by atoms with van der Waals surface area (Å²) in [5.74, 6) is -0.933. The third-order valence-electron chi connectivity index (χ3n) is 5.69. The summed E-state index contributed by atoms with van der Waals surface area (Å²) in [6.45, 7) is 3.13. The number of fused-ring (bicyclic) bond motifs is 1. The quantitative estimate of drug-likeness (QED) is 0.756. The number of nitrogens with two attached hydrogens (primary N) is 1. The fraction of sp³-hybridized carbons (Fsp3) is 0.348. The molecule has 1 aliphatic heterocycles. The van der Waals surface area contributed by atoms with E-state index in [1.807, 2.05) is 54.6 Å². The standard InChI is InChI=1S/C23H27N3O3/c1-22(2,20(24)28)25-19(27)13-14-23(15-16-9-5-4-6-10-16)17-11-7-8-12-18(17)26(3)21(23)29/h4-12H,13-15H2,1-3H3,(H2,24,28)(H,25,27). The normalized spacial score (nSPS) is 18.4. The number of nitrogens with zero attached hydrogens (tertiary/aromatic N) is 1. The molecule has 6 heteroatoms. The van der Waals surface area contributed by atoms with Crippen molar-refractivity contribution in [3.63, 3.8) is 0 Å². The van der Waals surface area contributed by atoms with Crippen LogP contribution >= 0.6 is 0 Å². The number of carbonyl (C=O) groups is 3. The monoisotopic (exact) mass is 393 g/mol. The Hall–Kier alpha value is -3.15. The number of primary amides is 1. The zero-order chi connectivity index (χ0) is 21.2. The first-order valence-electron chi connectivity index (χ1n) is 9.70. The lowest BCUT2D eigenvalue weighted by molar-refractivity contribution is -0.131. The van der Waals surface area contributed by atoms with Gasteiger partial charge in [-0.25, -0.2) is 0 Å². The van der Waals surface area contributed by atoms with E-state index in [0.717, 1.165) is 16.8 Å². The SMILES string of the molecule is CN1C(=O)C(CCC(=O)NC(C)(C)C(N)=O)(Cc2ccccc2)c2ccccc21. The number of likely N-dealkylation sites (N-methyl/N-ethyl adjacent to an activating group) is 1. The maximum atomic E-state index is 13.4. The van der Waals surface area contributed by atoms with E-state index >= 15 is 0 Å². The van der Waals surface area contributed by atoms with E-state index in [4.69, 9.17) is 5.73 Å². The third-order valence-corrected chi connectivity index (χ3v) is 5.69. The van der Waals surface area contributed by atoms with Crippen LogP contribution in [0, 0.1) is 0 Å². The number of nitrogens with one attached hydrogen (secondary N) is 1. The molecule has 3 amide bonds. The predicted octanol–water partition coefficient (Wildman–Crippen LogP) is 2.30. The first kappa shape index (κ1) is 20.6. The molecule has 3 rings (SSSR count). The Morgan fingerprint density at radius 3 is 2.34 bits per heavy atom. The summed E-state index contributed by atoms with van der Waals surface area (Å²) < 4.78 is 0. The molecule has 1 heterocycles. The molecule has 2 aromatic rings. The molecule has 1 aliphatic rings. The molecular formula is C23H27N3O3. The zero-order valence-electron chi connectivity index (χ0n) is 17.1. The summed E-state index contributed by atoms with van der Waals surface area (Å²) in [6.07, 6.45) is 0.945. The van der Waals surface area contributed by atoms with Gasteiger partial charge in [0.1, 0.15) is 5.54 Å². The molecule has 0 fully saturated rings. The van der Waals surface area contributed by atoms with Crippen LogP contribution in [-0.2, 0) is 26.2 Å².